The first-order valence-electron chi connectivity index (χ1n) is 6.18. The van der Waals surface area contributed by atoms with Gasteiger partial charge in [-0.25, -0.2) is 0 Å². The van der Waals surface area contributed by atoms with E-state index in [1.807, 2.05) is 0 Å². The maximum atomic E-state index is 5.41. The van der Waals surface area contributed by atoms with Gasteiger partial charge in [0.2, 0.25) is 0 Å². The maximum absolute atomic E-state index is 5.41. The van der Waals surface area contributed by atoms with Crippen LogP contribution in [0, 0.1) is 0 Å². The molecule has 1 aliphatic rings. The molecule has 2 nitrogen and oxygen atoms in total. The lowest BCUT2D eigenvalue weighted by Crippen LogP contribution is -2.30. The highest BCUT2D eigenvalue weighted by molar-refractivity contribution is 5.16. The molecule has 1 fully saturated rings. The summed E-state index contributed by atoms with van der Waals surface area (Å²) in [5.74, 6) is 1.14. The van der Waals surface area contributed by atoms with Crippen LogP contribution in [0.15, 0.2) is 16.7 Å². The third-order valence-electron chi connectivity index (χ3n) is 3.35. The van der Waals surface area contributed by atoms with Gasteiger partial charge in [0, 0.05) is 24.6 Å². The van der Waals surface area contributed by atoms with Crippen molar-refractivity contribution >= 4 is 0 Å². The molecule has 0 saturated heterocycles. The molecular formula is C13H21NO. The maximum Gasteiger partial charge on any atom is 0.107 e. The van der Waals surface area contributed by atoms with E-state index < -0.39 is 0 Å². The number of hydrogen-bond donors (Lipinski definition) is 1. The highest BCUT2D eigenvalue weighted by Crippen LogP contribution is 2.18. The van der Waals surface area contributed by atoms with Gasteiger partial charge in [-0.2, -0.15) is 0 Å². The monoisotopic (exact) mass is 207 g/mol. The lowest BCUT2D eigenvalue weighted by molar-refractivity contribution is 0.371. The molecule has 1 aliphatic carbocycles. The molecule has 0 amide bonds. The molecule has 1 aromatic rings. The van der Waals surface area contributed by atoms with Crippen LogP contribution >= 0.6 is 0 Å². The first kappa shape index (κ1) is 10.7. The van der Waals surface area contributed by atoms with Crippen molar-refractivity contribution in [1.29, 1.82) is 0 Å². The molecule has 1 saturated carbocycles. The molecule has 0 spiro atoms. The van der Waals surface area contributed by atoms with Gasteiger partial charge in [-0.1, -0.05) is 26.2 Å². The summed E-state index contributed by atoms with van der Waals surface area (Å²) in [4.78, 5) is 0. The molecule has 84 valence electrons. The van der Waals surface area contributed by atoms with E-state index >= 15 is 0 Å². The molecule has 0 aromatic carbocycles. The fraction of sp³-hybridized carbons (Fsp3) is 0.692. The van der Waals surface area contributed by atoms with Crippen molar-refractivity contribution in [2.24, 2.45) is 0 Å². The van der Waals surface area contributed by atoms with Crippen LogP contribution in [0.4, 0.5) is 0 Å². The average molecular weight is 207 g/mol. The Kier molecular flexibility index (Phi) is 3.84. The van der Waals surface area contributed by atoms with Gasteiger partial charge in [-0.3, -0.25) is 0 Å². The molecule has 0 radical (unpaired) electrons. The zero-order valence-electron chi connectivity index (χ0n) is 9.59. The number of hydrogen-bond acceptors (Lipinski definition) is 2. The minimum absolute atomic E-state index is 0.735. The summed E-state index contributed by atoms with van der Waals surface area (Å²) in [6.07, 6.45) is 9.70. The molecule has 1 N–H and O–H groups in total. The third kappa shape index (κ3) is 2.85. The van der Waals surface area contributed by atoms with Crippen molar-refractivity contribution < 1.29 is 4.42 Å². The van der Waals surface area contributed by atoms with Crippen LogP contribution in [-0.2, 0) is 13.0 Å². The van der Waals surface area contributed by atoms with Gasteiger partial charge in [0.1, 0.15) is 5.76 Å². The summed E-state index contributed by atoms with van der Waals surface area (Å²) in [6.45, 7) is 3.12. The Bertz CT molecular complexity index is 286. The summed E-state index contributed by atoms with van der Waals surface area (Å²) >= 11 is 0. The standard InChI is InChI=1S/C13H21NO/c1-2-13-11(8-9-15-13)10-14-12-6-4-3-5-7-12/h8-9,12,14H,2-7,10H2,1H3. The van der Waals surface area contributed by atoms with Gasteiger partial charge < -0.3 is 9.73 Å². The summed E-state index contributed by atoms with van der Waals surface area (Å²) in [6, 6.07) is 2.83. The van der Waals surface area contributed by atoms with Crippen LogP contribution < -0.4 is 5.32 Å². The van der Waals surface area contributed by atoms with Crippen molar-refractivity contribution in [1.82, 2.24) is 5.32 Å². The van der Waals surface area contributed by atoms with Crippen LogP contribution in [-0.4, -0.2) is 6.04 Å². The lowest BCUT2D eigenvalue weighted by atomic mass is 9.95. The minimum Gasteiger partial charge on any atom is -0.469 e. The molecule has 0 bridgehead atoms. The third-order valence-corrected chi connectivity index (χ3v) is 3.35. The van der Waals surface area contributed by atoms with E-state index in [0.29, 0.717) is 0 Å². The molecule has 0 atom stereocenters. The summed E-state index contributed by atoms with van der Waals surface area (Å²) < 4.78 is 5.41. The van der Waals surface area contributed by atoms with Crippen molar-refractivity contribution in [3.05, 3.63) is 23.7 Å². The summed E-state index contributed by atoms with van der Waals surface area (Å²) in [5, 5.41) is 3.64. The Labute approximate surface area is 92.1 Å². The topological polar surface area (TPSA) is 25.2 Å². The summed E-state index contributed by atoms with van der Waals surface area (Å²) in [7, 11) is 0. The van der Waals surface area contributed by atoms with Gasteiger partial charge >= 0.3 is 0 Å². The van der Waals surface area contributed by atoms with Crippen molar-refractivity contribution in [2.45, 2.75) is 58.0 Å². The average Bonchev–Trinajstić information content (AvgIpc) is 2.75. The fourth-order valence-corrected chi connectivity index (χ4v) is 2.40. The second-order valence-corrected chi connectivity index (χ2v) is 4.44. The van der Waals surface area contributed by atoms with E-state index in [4.69, 9.17) is 4.42 Å². The predicted molar refractivity (Wildman–Crippen MR) is 61.8 cm³/mol. The van der Waals surface area contributed by atoms with Crippen molar-refractivity contribution in [3.8, 4) is 0 Å². The smallest absolute Gasteiger partial charge is 0.107 e. The molecule has 2 heteroatoms. The Morgan fingerprint density at radius 2 is 2.13 bits per heavy atom. The second-order valence-electron chi connectivity index (χ2n) is 4.44. The first-order chi connectivity index (χ1) is 7.40. The van der Waals surface area contributed by atoms with Gasteiger partial charge in [0.05, 0.1) is 6.26 Å². The first-order valence-corrected chi connectivity index (χ1v) is 6.18. The van der Waals surface area contributed by atoms with Gasteiger partial charge in [0.15, 0.2) is 0 Å². The van der Waals surface area contributed by atoms with E-state index in [1.165, 1.54) is 37.7 Å². The molecule has 0 aliphatic heterocycles. The highest BCUT2D eigenvalue weighted by Gasteiger charge is 2.13. The van der Waals surface area contributed by atoms with Crippen LogP contribution in [0.25, 0.3) is 0 Å². The van der Waals surface area contributed by atoms with Gasteiger partial charge in [0.25, 0.3) is 0 Å². The lowest BCUT2D eigenvalue weighted by Gasteiger charge is -2.22. The Balaban J connectivity index is 1.81. The van der Waals surface area contributed by atoms with E-state index in [2.05, 4.69) is 18.3 Å². The van der Waals surface area contributed by atoms with E-state index in [-0.39, 0.29) is 0 Å². The normalized spacial score (nSPS) is 18.2. The zero-order valence-corrected chi connectivity index (χ0v) is 9.59. The molecule has 15 heavy (non-hydrogen) atoms. The Hall–Kier alpha value is -0.760. The number of furan rings is 1. The Morgan fingerprint density at radius 1 is 1.33 bits per heavy atom. The zero-order chi connectivity index (χ0) is 10.5. The molecular weight excluding hydrogens is 186 g/mol. The fourth-order valence-electron chi connectivity index (χ4n) is 2.40. The second kappa shape index (κ2) is 5.36. The van der Waals surface area contributed by atoms with E-state index in [0.717, 1.165) is 24.8 Å². The summed E-state index contributed by atoms with van der Waals surface area (Å²) in [5.41, 5.74) is 1.34. The van der Waals surface area contributed by atoms with Crippen LogP contribution in [0.5, 0.6) is 0 Å². The Morgan fingerprint density at radius 3 is 2.87 bits per heavy atom. The number of rotatable bonds is 4. The van der Waals surface area contributed by atoms with Crippen LogP contribution in [0.1, 0.15) is 50.4 Å². The molecule has 1 heterocycles. The van der Waals surface area contributed by atoms with Crippen LogP contribution in [0.2, 0.25) is 0 Å². The largest absolute Gasteiger partial charge is 0.469 e. The predicted octanol–water partition coefficient (Wildman–Crippen LogP) is 3.26. The number of nitrogens with one attached hydrogen (secondary N) is 1. The molecule has 1 aromatic heterocycles. The SMILES string of the molecule is CCc1occc1CNC1CCCCC1. The molecule has 0 unspecified atom stereocenters. The van der Waals surface area contributed by atoms with Crippen molar-refractivity contribution in [2.75, 3.05) is 0 Å². The van der Waals surface area contributed by atoms with E-state index in [9.17, 15) is 0 Å². The van der Waals surface area contributed by atoms with Crippen molar-refractivity contribution in [3.63, 3.8) is 0 Å². The van der Waals surface area contributed by atoms with Gasteiger partial charge in [-0.15, -0.1) is 0 Å². The number of aryl methyl sites for hydroxylation is 1. The van der Waals surface area contributed by atoms with Crippen LogP contribution in [0.3, 0.4) is 0 Å². The molecule has 2 rings (SSSR count). The highest BCUT2D eigenvalue weighted by atomic mass is 16.3. The van der Waals surface area contributed by atoms with E-state index in [1.54, 1.807) is 6.26 Å². The quantitative estimate of drug-likeness (QED) is 0.819. The minimum atomic E-state index is 0.735. The van der Waals surface area contributed by atoms with Gasteiger partial charge in [-0.05, 0) is 18.9 Å².